The summed E-state index contributed by atoms with van der Waals surface area (Å²) in [7, 11) is 0. The number of anilines is 2. The van der Waals surface area contributed by atoms with Gasteiger partial charge in [-0.25, -0.2) is 0 Å². The van der Waals surface area contributed by atoms with E-state index in [9.17, 15) is 14.4 Å². The number of ether oxygens (including phenoxy) is 1. The molecule has 1 aliphatic carbocycles. The quantitative estimate of drug-likeness (QED) is 0.620. The van der Waals surface area contributed by atoms with Crippen LogP contribution in [0.2, 0.25) is 0 Å². The minimum Gasteiger partial charge on any atom is -0.482 e. The summed E-state index contributed by atoms with van der Waals surface area (Å²) in [5, 5.41) is 3.03. The fraction of sp³-hybridized carbons (Fsp3) is 0.640. The SMILES string of the molecule is CCCCC1CCC(C(=O)Nc2ccc3c(c2)N(CC(=O)N(CC)CC)C(=O)CO3)CC1. The Morgan fingerprint density at radius 3 is 2.50 bits per heavy atom. The summed E-state index contributed by atoms with van der Waals surface area (Å²) in [5.74, 6) is 1.00. The van der Waals surface area contributed by atoms with Crippen molar-refractivity contribution < 1.29 is 19.1 Å². The van der Waals surface area contributed by atoms with E-state index < -0.39 is 0 Å². The third kappa shape index (κ3) is 5.81. The van der Waals surface area contributed by atoms with Crippen LogP contribution in [0.3, 0.4) is 0 Å². The van der Waals surface area contributed by atoms with Gasteiger partial charge in [0.25, 0.3) is 5.91 Å². The van der Waals surface area contributed by atoms with Crippen molar-refractivity contribution in [1.82, 2.24) is 4.90 Å². The monoisotopic (exact) mass is 443 g/mol. The first-order chi connectivity index (χ1) is 15.5. The highest BCUT2D eigenvalue weighted by atomic mass is 16.5. The number of unbranched alkanes of at least 4 members (excludes halogenated alkanes) is 1. The van der Waals surface area contributed by atoms with Crippen LogP contribution in [0.1, 0.15) is 65.7 Å². The van der Waals surface area contributed by atoms with E-state index >= 15 is 0 Å². The standard InChI is InChI=1S/C25H37N3O4/c1-4-7-8-18-9-11-19(12-10-18)25(31)26-20-13-14-22-21(15-20)28(24(30)17-32-22)16-23(29)27(5-2)6-3/h13-15,18-19H,4-12,16-17H2,1-3H3,(H,26,31). The van der Waals surface area contributed by atoms with E-state index in [1.165, 1.54) is 24.2 Å². The van der Waals surface area contributed by atoms with Gasteiger partial charge >= 0.3 is 0 Å². The lowest BCUT2D eigenvalue weighted by molar-refractivity contribution is -0.131. The normalized spacial score (nSPS) is 20.3. The fourth-order valence-corrected chi connectivity index (χ4v) is 4.72. The molecule has 32 heavy (non-hydrogen) atoms. The molecule has 1 fully saturated rings. The van der Waals surface area contributed by atoms with E-state index in [1.54, 1.807) is 23.1 Å². The van der Waals surface area contributed by atoms with Gasteiger partial charge < -0.3 is 15.0 Å². The third-order valence-corrected chi connectivity index (χ3v) is 6.76. The van der Waals surface area contributed by atoms with Crippen LogP contribution < -0.4 is 15.0 Å². The van der Waals surface area contributed by atoms with Crippen LogP contribution in [0.15, 0.2) is 18.2 Å². The van der Waals surface area contributed by atoms with Crippen LogP contribution in [0.4, 0.5) is 11.4 Å². The van der Waals surface area contributed by atoms with E-state index in [4.69, 9.17) is 4.74 Å². The Hall–Kier alpha value is -2.57. The Morgan fingerprint density at radius 1 is 1.12 bits per heavy atom. The number of benzene rings is 1. The van der Waals surface area contributed by atoms with Crippen LogP contribution in [0.5, 0.6) is 5.75 Å². The largest absolute Gasteiger partial charge is 0.482 e. The smallest absolute Gasteiger partial charge is 0.265 e. The average molecular weight is 444 g/mol. The van der Waals surface area contributed by atoms with Crippen molar-refractivity contribution in [1.29, 1.82) is 0 Å². The Balaban J connectivity index is 1.66. The molecule has 1 saturated carbocycles. The third-order valence-electron chi connectivity index (χ3n) is 6.76. The van der Waals surface area contributed by atoms with Gasteiger partial charge in [0.2, 0.25) is 11.8 Å². The lowest BCUT2D eigenvalue weighted by Crippen LogP contribution is -2.46. The number of nitrogens with zero attached hydrogens (tertiary/aromatic N) is 2. The number of hydrogen-bond donors (Lipinski definition) is 1. The minimum atomic E-state index is -0.258. The van der Waals surface area contributed by atoms with Crippen molar-refractivity contribution in [2.75, 3.05) is 36.5 Å². The Kier molecular flexibility index (Phi) is 8.53. The average Bonchev–Trinajstić information content (AvgIpc) is 2.80. The fourth-order valence-electron chi connectivity index (χ4n) is 4.72. The van der Waals surface area contributed by atoms with E-state index in [0.717, 1.165) is 31.6 Å². The molecule has 7 heteroatoms. The molecular formula is C25H37N3O4. The zero-order valence-electron chi connectivity index (χ0n) is 19.7. The van der Waals surface area contributed by atoms with Gasteiger partial charge in [0.1, 0.15) is 12.3 Å². The summed E-state index contributed by atoms with van der Waals surface area (Å²) < 4.78 is 5.55. The lowest BCUT2D eigenvalue weighted by atomic mass is 9.79. The first-order valence-corrected chi connectivity index (χ1v) is 12.1. The molecule has 0 unspecified atom stereocenters. The predicted molar refractivity (Wildman–Crippen MR) is 126 cm³/mol. The van der Waals surface area contributed by atoms with Gasteiger partial charge in [-0.3, -0.25) is 19.3 Å². The summed E-state index contributed by atoms with van der Waals surface area (Å²) in [4.78, 5) is 41.2. The first-order valence-electron chi connectivity index (χ1n) is 12.1. The number of hydrogen-bond acceptors (Lipinski definition) is 4. The van der Waals surface area contributed by atoms with E-state index in [0.29, 0.717) is 30.2 Å². The molecule has 7 nitrogen and oxygen atoms in total. The molecule has 1 N–H and O–H groups in total. The molecule has 3 rings (SSSR count). The summed E-state index contributed by atoms with van der Waals surface area (Å²) in [6.45, 7) is 7.12. The molecule has 0 aromatic heterocycles. The van der Waals surface area contributed by atoms with E-state index in [-0.39, 0.29) is 36.8 Å². The zero-order valence-corrected chi connectivity index (χ0v) is 19.7. The number of nitrogens with one attached hydrogen (secondary N) is 1. The predicted octanol–water partition coefficient (Wildman–Crippen LogP) is 4.22. The van der Waals surface area contributed by atoms with Crippen LogP contribution in [-0.4, -0.2) is 48.9 Å². The van der Waals surface area contributed by atoms with Crippen molar-refractivity contribution in [3.63, 3.8) is 0 Å². The maximum atomic E-state index is 12.9. The maximum Gasteiger partial charge on any atom is 0.265 e. The molecule has 0 radical (unpaired) electrons. The van der Waals surface area contributed by atoms with Crippen LogP contribution in [0.25, 0.3) is 0 Å². The Labute approximate surface area is 191 Å². The number of rotatable bonds is 9. The minimum absolute atomic E-state index is 0.0298. The molecule has 1 aromatic carbocycles. The second kappa shape index (κ2) is 11.3. The molecule has 1 aromatic rings. The summed E-state index contributed by atoms with van der Waals surface area (Å²) >= 11 is 0. The Bertz CT molecular complexity index is 813. The molecule has 0 spiro atoms. The second-order valence-corrected chi connectivity index (χ2v) is 8.87. The van der Waals surface area contributed by atoms with Gasteiger partial charge in [0, 0.05) is 24.7 Å². The van der Waals surface area contributed by atoms with Crippen LogP contribution in [0, 0.1) is 11.8 Å². The van der Waals surface area contributed by atoms with Crippen molar-refractivity contribution in [3.05, 3.63) is 18.2 Å². The van der Waals surface area contributed by atoms with Gasteiger partial charge in [-0.2, -0.15) is 0 Å². The molecule has 2 aliphatic rings. The van der Waals surface area contributed by atoms with Crippen molar-refractivity contribution in [2.45, 2.75) is 65.7 Å². The molecule has 1 aliphatic heterocycles. The summed E-state index contributed by atoms with van der Waals surface area (Å²) in [6, 6.07) is 5.30. The summed E-state index contributed by atoms with van der Waals surface area (Å²) in [5.41, 5.74) is 1.16. The number of amides is 3. The highest BCUT2D eigenvalue weighted by molar-refractivity contribution is 6.03. The molecule has 1 heterocycles. The topological polar surface area (TPSA) is 79.0 Å². The molecule has 0 saturated heterocycles. The van der Waals surface area contributed by atoms with Gasteiger partial charge in [-0.05, 0) is 63.6 Å². The zero-order chi connectivity index (χ0) is 23.1. The van der Waals surface area contributed by atoms with Crippen LogP contribution in [-0.2, 0) is 14.4 Å². The van der Waals surface area contributed by atoms with Crippen LogP contribution >= 0.6 is 0 Å². The van der Waals surface area contributed by atoms with Gasteiger partial charge in [-0.1, -0.05) is 26.2 Å². The number of carbonyl (C=O) groups excluding carboxylic acids is 3. The highest BCUT2D eigenvalue weighted by Gasteiger charge is 2.30. The molecule has 0 bridgehead atoms. The molecule has 176 valence electrons. The van der Waals surface area contributed by atoms with Gasteiger partial charge in [-0.15, -0.1) is 0 Å². The number of carbonyl (C=O) groups is 3. The number of fused-ring (bicyclic) bond motifs is 1. The van der Waals surface area contributed by atoms with Gasteiger partial charge in [0.05, 0.1) is 5.69 Å². The van der Waals surface area contributed by atoms with E-state index in [1.807, 2.05) is 13.8 Å². The van der Waals surface area contributed by atoms with Crippen molar-refractivity contribution >= 4 is 29.1 Å². The molecule has 3 amide bonds. The lowest BCUT2D eigenvalue weighted by Gasteiger charge is -2.31. The first kappa shape index (κ1) is 24.1. The number of likely N-dealkylation sites (N-methyl/N-ethyl adjacent to an activating group) is 1. The molecular weight excluding hydrogens is 406 g/mol. The second-order valence-electron chi connectivity index (χ2n) is 8.87. The van der Waals surface area contributed by atoms with Crippen molar-refractivity contribution in [3.8, 4) is 5.75 Å². The Morgan fingerprint density at radius 2 is 1.84 bits per heavy atom. The maximum absolute atomic E-state index is 12.9. The van der Waals surface area contributed by atoms with Gasteiger partial charge in [0.15, 0.2) is 6.61 Å². The van der Waals surface area contributed by atoms with E-state index in [2.05, 4.69) is 12.2 Å². The molecule has 0 atom stereocenters. The van der Waals surface area contributed by atoms with Crippen molar-refractivity contribution in [2.24, 2.45) is 11.8 Å². The highest BCUT2D eigenvalue weighted by Crippen LogP contribution is 2.36. The summed E-state index contributed by atoms with van der Waals surface area (Å²) in [6.07, 6.45) is 7.85.